The van der Waals surface area contributed by atoms with Crippen molar-refractivity contribution in [1.82, 2.24) is 19.4 Å². The van der Waals surface area contributed by atoms with Crippen molar-refractivity contribution in [3.63, 3.8) is 0 Å². The fraction of sp³-hybridized carbons (Fsp3) is 0.409. The lowest BCUT2D eigenvalue weighted by molar-refractivity contribution is -0.127. The van der Waals surface area contributed by atoms with E-state index in [-0.39, 0.29) is 6.10 Å². The highest BCUT2D eigenvalue weighted by Crippen LogP contribution is 2.32. The summed E-state index contributed by atoms with van der Waals surface area (Å²) in [6.45, 7) is 11.1. The smallest absolute Gasteiger partial charge is 0.282 e. The van der Waals surface area contributed by atoms with Gasteiger partial charge in [0, 0.05) is 42.8 Å². The van der Waals surface area contributed by atoms with E-state index in [4.69, 9.17) is 9.72 Å². The largest absolute Gasteiger partial charge is 0.472 e. The Morgan fingerprint density at radius 1 is 1.48 bits per heavy atom. The second-order valence-corrected chi connectivity index (χ2v) is 9.43. The van der Waals surface area contributed by atoms with Crippen LogP contribution in [0.5, 0.6) is 5.88 Å². The molecule has 1 amide bonds. The maximum absolute atomic E-state index is 13.2. The third-order valence-corrected chi connectivity index (χ3v) is 5.92. The van der Waals surface area contributed by atoms with Crippen LogP contribution in [0.15, 0.2) is 36.9 Å². The van der Waals surface area contributed by atoms with Gasteiger partial charge in [-0.05, 0) is 18.9 Å². The molecule has 3 aromatic rings. The number of pyridine rings is 1. The molecule has 0 saturated carbocycles. The first-order valence-corrected chi connectivity index (χ1v) is 11.1. The number of carbonyl (C=O) groups is 1. The van der Waals surface area contributed by atoms with Gasteiger partial charge in [-0.1, -0.05) is 20.4 Å². The van der Waals surface area contributed by atoms with Crippen LogP contribution in [0.25, 0.3) is 10.9 Å². The van der Waals surface area contributed by atoms with Gasteiger partial charge in [0.1, 0.15) is 11.9 Å². The summed E-state index contributed by atoms with van der Waals surface area (Å²) in [6.07, 6.45) is 4.20. The number of aromatic nitrogens is 3. The van der Waals surface area contributed by atoms with Crippen LogP contribution in [0.4, 0.5) is 15.3 Å². The van der Waals surface area contributed by atoms with Crippen molar-refractivity contribution in [1.29, 1.82) is 0 Å². The minimum absolute atomic E-state index is 0.259. The van der Waals surface area contributed by atoms with Crippen LogP contribution >= 0.6 is 11.3 Å². The zero-order chi connectivity index (χ0) is 22.1. The summed E-state index contributed by atoms with van der Waals surface area (Å²) in [5.41, 5.74) is 1.01. The fourth-order valence-electron chi connectivity index (χ4n) is 3.72. The predicted molar refractivity (Wildman–Crippen MR) is 121 cm³/mol. The number of aryl methyl sites for hydroxylation is 1. The Morgan fingerprint density at radius 2 is 2.29 bits per heavy atom. The van der Waals surface area contributed by atoms with E-state index >= 15 is 0 Å². The Morgan fingerprint density at radius 3 is 2.97 bits per heavy atom. The predicted octanol–water partition coefficient (Wildman–Crippen LogP) is 4.66. The number of rotatable bonds is 7. The number of thiazole rings is 1. The van der Waals surface area contributed by atoms with E-state index in [1.165, 1.54) is 4.90 Å². The molecule has 7 nitrogen and oxygen atoms in total. The van der Waals surface area contributed by atoms with Gasteiger partial charge in [0.15, 0.2) is 11.0 Å². The van der Waals surface area contributed by atoms with Gasteiger partial charge in [-0.2, -0.15) is 4.98 Å². The molecule has 1 atom stereocenters. The van der Waals surface area contributed by atoms with E-state index in [2.05, 4.69) is 35.3 Å². The molecule has 0 aliphatic carbocycles. The van der Waals surface area contributed by atoms with Crippen molar-refractivity contribution in [3.8, 4) is 5.88 Å². The Hall–Kier alpha value is -2.94. The van der Waals surface area contributed by atoms with Crippen molar-refractivity contribution in [2.45, 2.75) is 39.8 Å². The quantitative estimate of drug-likeness (QED) is 0.538. The first kappa shape index (κ1) is 21.3. The SMILES string of the molecule is C=C(F)C(=O)N1CC[C@H](Oc2nc(Nc3ncc(C)s3)cc3c2ccn3CC(C)C)C1. The normalized spacial score (nSPS) is 16.3. The average Bonchev–Trinajstić information content (AvgIpc) is 3.42. The van der Waals surface area contributed by atoms with E-state index in [0.717, 1.165) is 27.5 Å². The third kappa shape index (κ3) is 4.71. The number of likely N-dealkylation sites (tertiary alicyclic amines) is 1. The number of amides is 1. The molecule has 1 N–H and O–H groups in total. The van der Waals surface area contributed by atoms with Crippen molar-refractivity contribution in [2.75, 3.05) is 18.4 Å². The summed E-state index contributed by atoms with van der Waals surface area (Å²) < 4.78 is 21.6. The molecule has 4 heterocycles. The number of hydrogen-bond acceptors (Lipinski definition) is 6. The monoisotopic (exact) mass is 443 g/mol. The Bertz CT molecular complexity index is 1120. The van der Waals surface area contributed by atoms with Crippen molar-refractivity contribution in [3.05, 3.63) is 41.8 Å². The summed E-state index contributed by atoms with van der Waals surface area (Å²) in [4.78, 5) is 23.5. The molecule has 1 aliphatic rings. The summed E-state index contributed by atoms with van der Waals surface area (Å²) in [5, 5.41) is 4.94. The third-order valence-electron chi connectivity index (χ3n) is 5.09. The number of carbonyl (C=O) groups excluding carboxylic acids is 1. The molecule has 3 aromatic heterocycles. The first-order valence-electron chi connectivity index (χ1n) is 10.3. The van der Waals surface area contributed by atoms with E-state index < -0.39 is 11.7 Å². The summed E-state index contributed by atoms with van der Waals surface area (Å²) >= 11 is 1.55. The van der Waals surface area contributed by atoms with Crippen LogP contribution in [-0.4, -0.2) is 44.5 Å². The lowest BCUT2D eigenvalue weighted by Crippen LogP contribution is -2.31. The molecule has 0 spiro atoms. The van der Waals surface area contributed by atoms with E-state index in [1.54, 1.807) is 11.3 Å². The molecule has 9 heteroatoms. The molecule has 1 fully saturated rings. The van der Waals surface area contributed by atoms with Crippen LogP contribution in [0.2, 0.25) is 0 Å². The van der Waals surface area contributed by atoms with E-state index in [1.807, 2.05) is 31.5 Å². The topological polar surface area (TPSA) is 72.3 Å². The summed E-state index contributed by atoms with van der Waals surface area (Å²) in [7, 11) is 0. The fourth-order valence-corrected chi connectivity index (χ4v) is 4.40. The standard InChI is InChI=1S/C22H26FN5O2S/c1-13(2)11-27-8-6-17-18(27)9-19(26-22-24-10-14(3)31-22)25-20(17)30-16-5-7-28(12-16)21(29)15(4)23/h6,8-10,13,16H,4-5,7,11-12H2,1-3H3,(H,24,25,26)/t16-/m0/s1. The molecule has 0 radical (unpaired) electrons. The van der Waals surface area contributed by atoms with Gasteiger partial charge in [0.25, 0.3) is 5.91 Å². The lowest BCUT2D eigenvalue weighted by Gasteiger charge is -2.17. The summed E-state index contributed by atoms with van der Waals surface area (Å²) in [5.74, 6) is -0.00847. The average molecular weight is 444 g/mol. The van der Waals surface area contributed by atoms with Crippen molar-refractivity contribution < 1.29 is 13.9 Å². The van der Waals surface area contributed by atoms with E-state index in [9.17, 15) is 9.18 Å². The molecule has 1 saturated heterocycles. The van der Waals surface area contributed by atoms with Gasteiger partial charge in [-0.15, -0.1) is 11.3 Å². The number of halogens is 1. The van der Waals surface area contributed by atoms with Crippen molar-refractivity contribution >= 4 is 39.1 Å². The van der Waals surface area contributed by atoms with Crippen LogP contribution in [0.3, 0.4) is 0 Å². The molecule has 0 bridgehead atoms. The molecule has 1 aliphatic heterocycles. The molecule has 0 unspecified atom stereocenters. The van der Waals surface area contributed by atoms with Gasteiger partial charge in [-0.25, -0.2) is 9.37 Å². The van der Waals surface area contributed by atoms with Gasteiger partial charge >= 0.3 is 0 Å². The maximum atomic E-state index is 13.2. The van der Waals surface area contributed by atoms with Crippen LogP contribution < -0.4 is 10.1 Å². The van der Waals surface area contributed by atoms with E-state index in [0.29, 0.717) is 37.1 Å². The van der Waals surface area contributed by atoms with Gasteiger partial charge in [0.05, 0.1) is 17.4 Å². The summed E-state index contributed by atoms with van der Waals surface area (Å²) in [6, 6.07) is 4.00. The number of nitrogens with zero attached hydrogens (tertiary/aromatic N) is 4. The zero-order valence-corrected chi connectivity index (χ0v) is 18.7. The molecule has 31 heavy (non-hydrogen) atoms. The Kier molecular flexibility index (Phi) is 5.95. The molecule has 0 aromatic carbocycles. The first-order chi connectivity index (χ1) is 14.8. The van der Waals surface area contributed by atoms with Gasteiger partial charge in [-0.3, -0.25) is 4.79 Å². The number of fused-ring (bicyclic) bond motifs is 1. The number of hydrogen-bond donors (Lipinski definition) is 1. The molecular weight excluding hydrogens is 417 g/mol. The highest BCUT2D eigenvalue weighted by atomic mass is 32.1. The second-order valence-electron chi connectivity index (χ2n) is 8.19. The lowest BCUT2D eigenvalue weighted by atomic mass is 10.2. The maximum Gasteiger partial charge on any atom is 0.282 e. The minimum Gasteiger partial charge on any atom is -0.472 e. The van der Waals surface area contributed by atoms with Crippen molar-refractivity contribution in [2.24, 2.45) is 5.92 Å². The second kappa shape index (κ2) is 8.66. The number of nitrogens with one attached hydrogen (secondary N) is 1. The minimum atomic E-state index is -0.947. The van der Waals surface area contributed by atoms with Crippen LogP contribution in [-0.2, 0) is 11.3 Å². The highest BCUT2D eigenvalue weighted by molar-refractivity contribution is 7.15. The molecule has 4 rings (SSSR count). The van der Waals surface area contributed by atoms with Gasteiger partial charge < -0.3 is 19.5 Å². The zero-order valence-electron chi connectivity index (χ0n) is 17.9. The number of ether oxygens (including phenoxy) is 1. The Balaban J connectivity index is 1.64. The number of anilines is 2. The molecular formula is C22H26FN5O2S. The highest BCUT2D eigenvalue weighted by Gasteiger charge is 2.30. The van der Waals surface area contributed by atoms with Crippen LogP contribution in [0, 0.1) is 12.8 Å². The van der Waals surface area contributed by atoms with Gasteiger partial charge in [0.2, 0.25) is 5.88 Å². The molecule has 164 valence electrons. The Labute approximate surface area is 184 Å². The van der Waals surface area contributed by atoms with Crippen LogP contribution in [0.1, 0.15) is 25.1 Å².